The number of piperidine rings is 1. The summed E-state index contributed by atoms with van der Waals surface area (Å²) >= 11 is 0. The Morgan fingerprint density at radius 2 is 2.19 bits per heavy atom. The number of ether oxygens (including phenoxy) is 1. The number of fused-ring (bicyclic) bond motifs is 5. The van der Waals surface area contributed by atoms with E-state index < -0.39 is 11.9 Å². The predicted octanol–water partition coefficient (Wildman–Crippen LogP) is 1.49. The molecule has 3 fully saturated rings. The van der Waals surface area contributed by atoms with E-state index in [0.29, 0.717) is 31.9 Å². The van der Waals surface area contributed by atoms with Gasteiger partial charge in [-0.05, 0) is 31.4 Å². The van der Waals surface area contributed by atoms with Crippen molar-refractivity contribution >= 4 is 17.5 Å². The summed E-state index contributed by atoms with van der Waals surface area (Å²) in [5.41, 5.74) is 1.06. The van der Waals surface area contributed by atoms with Crippen molar-refractivity contribution in [3.8, 4) is 0 Å². The zero-order valence-corrected chi connectivity index (χ0v) is 15.5. The molecular weight excluding hydrogens is 351 g/mol. The molecule has 5 heterocycles. The minimum atomic E-state index is -0.655. The van der Waals surface area contributed by atoms with Crippen LogP contribution in [-0.2, 0) is 9.53 Å². The molecule has 2 aromatic heterocycles. The largest absolute Gasteiger partial charge is 0.383 e. The van der Waals surface area contributed by atoms with Crippen molar-refractivity contribution in [3.63, 3.8) is 0 Å². The molecule has 0 radical (unpaired) electrons. The quantitative estimate of drug-likeness (QED) is 0.813. The van der Waals surface area contributed by atoms with Crippen LogP contribution in [0, 0.1) is 18.8 Å². The third kappa shape index (κ3) is 2.97. The summed E-state index contributed by atoms with van der Waals surface area (Å²) in [6.07, 6.45) is 3.16. The van der Waals surface area contributed by atoms with Crippen LogP contribution in [-0.4, -0.2) is 70.4 Å². The first-order chi connectivity index (χ1) is 13.0. The molecule has 0 saturated carbocycles. The van der Waals surface area contributed by atoms with Gasteiger partial charge < -0.3 is 14.5 Å². The van der Waals surface area contributed by atoms with E-state index in [2.05, 4.69) is 4.98 Å². The lowest BCUT2D eigenvalue weighted by Gasteiger charge is -2.35. The molecule has 8 heteroatoms. The number of carbonyl (C=O) groups excluding carboxylic acids is 2. The van der Waals surface area contributed by atoms with Crippen molar-refractivity contribution in [3.05, 3.63) is 35.5 Å². The number of aromatic nitrogens is 2. The second-order valence-corrected chi connectivity index (χ2v) is 7.30. The fraction of sp³-hybridized carbons (Fsp3) is 0.526. The van der Waals surface area contributed by atoms with Gasteiger partial charge in [0.2, 0.25) is 11.9 Å². The number of imidazole rings is 1. The van der Waals surface area contributed by atoms with E-state index in [9.17, 15) is 14.0 Å². The second kappa shape index (κ2) is 6.92. The highest BCUT2D eigenvalue weighted by Gasteiger charge is 2.42. The number of amides is 2. The van der Waals surface area contributed by atoms with Gasteiger partial charge in [0, 0.05) is 39.0 Å². The summed E-state index contributed by atoms with van der Waals surface area (Å²) in [5.74, 6) is -1.29. The molecule has 27 heavy (non-hydrogen) atoms. The van der Waals surface area contributed by atoms with Gasteiger partial charge in [-0.3, -0.25) is 14.0 Å². The number of aryl methyl sites for hydroxylation is 1. The second-order valence-electron chi connectivity index (χ2n) is 7.30. The van der Waals surface area contributed by atoms with Gasteiger partial charge in [-0.25, -0.2) is 4.98 Å². The number of nitrogens with zero attached hydrogens (tertiary/aromatic N) is 4. The molecule has 7 nitrogen and oxygen atoms in total. The SMILES string of the molecule is COCCN1C(=O)[C@H]2CC[C@@H]1CN(C(=O)c1nc3c(C)cccn3c1F)C2. The van der Waals surface area contributed by atoms with Crippen molar-refractivity contribution in [1.82, 2.24) is 19.2 Å². The zero-order valence-electron chi connectivity index (χ0n) is 15.5. The molecule has 2 amide bonds. The molecule has 2 aromatic rings. The molecule has 2 atom stereocenters. The lowest BCUT2D eigenvalue weighted by atomic mass is 9.94. The molecule has 0 spiro atoms. The lowest BCUT2D eigenvalue weighted by Crippen LogP contribution is -2.49. The van der Waals surface area contributed by atoms with Crippen molar-refractivity contribution in [2.45, 2.75) is 25.8 Å². The monoisotopic (exact) mass is 374 g/mol. The van der Waals surface area contributed by atoms with Gasteiger partial charge in [-0.15, -0.1) is 0 Å². The lowest BCUT2D eigenvalue weighted by molar-refractivity contribution is -0.140. The Balaban J connectivity index is 1.63. The van der Waals surface area contributed by atoms with Crippen LogP contribution < -0.4 is 0 Å². The van der Waals surface area contributed by atoms with E-state index >= 15 is 0 Å². The molecule has 3 aliphatic heterocycles. The van der Waals surface area contributed by atoms with E-state index in [0.717, 1.165) is 18.4 Å². The van der Waals surface area contributed by atoms with Gasteiger partial charge in [-0.1, -0.05) is 6.07 Å². The topological polar surface area (TPSA) is 67.2 Å². The Kier molecular flexibility index (Phi) is 4.59. The normalized spacial score (nSPS) is 22.6. The van der Waals surface area contributed by atoms with Crippen molar-refractivity contribution < 1.29 is 18.7 Å². The first kappa shape index (κ1) is 17.9. The number of hydrogen-bond acceptors (Lipinski definition) is 4. The molecule has 3 saturated heterocycles. The summed E-state index contributed by atoms with van der Waals surface area (Å²) in [6, 6.07) is 3.49. The predicted molar refractivity (Wildman–Crippen MR) is 95.9 cm³/mol. The van der Waals surface area contributed by atoms with Gasteiger partial charge >= 0.3 is 0 Å². The number of hydrogen-bond donors (Lipinski definition) is 0. The highest BCUT2D eigenvalue weighted by molar-refractivity contribution is 5.94. The summed E-state index contributed by atoms with van der Waals surface area (Å²) < 4.78 is 21.2. The molecule has 0 aliphatic carbocycles. The number of methoxy groups -OCH3 is 1. The van der Waals surface area contributed by atoms with Crippen LogP contribution in [0.2, 0.25) is 0 Å². The van der Waals surface area contributed by atoms with E-state index in [4.69, 9.17) is 4.74 Å². The van der Waals surface area contributed by atoms with E-state index in [-0.39, 0.29) is 23.6 Å². The molecule has 2 bridgehead atoms. The Hall–Kier alpha value is -2.48. The summed E-state index contributed by atoms with van der Waals surface area (Å²) in [4.78, 5) is 33.4. The van der Waals surface area contributed by atoms with Crippen molar-refractivity contribution in [2.24, 2.45) is 5.92 Å². The molecule has 5 rings (SSSR count). The van der Waals surface area contributed by atoms with Crippen LogP contribution in [0.25, 0.3) is 5.65 Å². The number of pyridine rings is 1. The average Bonchev–Trinajstić information content (AvgIpc) is 2.81. The summed E-state index contributed by atoms with van der Waals surface area (Å²) in [6.45, 7) is 3.51. The smallest absolute Gasteiger partial charge is 0.277 e. The summed E-state index contributed by atoms with van der Waals surface area (Å²) in [5, 5.41) is 0. The number of rotatable bonds is 4. The minimum absolute atomic E-state index is 0.0582. The maximum absolute atomic E-state index is 14.8. The van der Waals surface area contributed by atoms with Crippen LogP contribution in [0.15, 0.2) is 18.3 Å². The Morgan fingerprint density at radius 1 is 1.37 bits per heavy atom. The van der Waals surface area contributed by atoms with E-state index in [1.807, 2.05) is 17.9 Å². The number of halogens is 1. The fourth-order valence-electron chi connectivity index (χ4n) is 4.15. The maximum atomic E-state index is 14.8. The summed E-state index contributed by atoms with van der Waals surface area (Å²) in [7, 11) is 1.60. The highest BCUT2D eigenvalue weighted by atomic mass is 19.1. The molecule has 0 unspecified atom stereocenters. The van der Waals surface area contributed by atoms with Gasteiger partial charge in [-0.2, -0.15) is 4.39 Å². The Bertz CT molecular complexity index is 896. The fourth-order valence-corrected chi connectivity index (χ4v) is 4.15. The third-order valence-electron chi connectivity index (χ3n) is 5.61. The Morgan fingerprint density at radius 3 is 2.93 bits per heavy atom. The Labute approximate surface area is 156 Å². The van der Waals surface area contributed by atoms with Crippen LogP contribution in [0.4, 0.5) is 4.39 Å². The first-order valence-corrected chi connectivity index (χ1v) is 9.23. The minimum Gasteiger partial charge on any atom is -0.383 e. The van der Waals surface area contributed by atoms with Crippen molar-refractivity contribution in [2.75, 3.05) is 33.4 Å². The maximum Gasteiger partial charge on any atom is 0.277 e. The van der Waals surface area contributed by atoms with Crippen molar-refractivity contribution in [1.29, 1.82) is 0 Å². The van der Waals surface area contributed by atoms with E-state index in [1.54, 1.807) is 24.3 Å². The molecule has 3 aliphatic rings. The van der Waals surface area contributed by atoms with Gasteiger partial charge in [0.05, 0.1) is 12.5 Å². The van der Waals surface area contributed by atoms with Crippen LogP contribution in [0.5, 0.6) is 0 Å². The molecular formula is C19H23FN4O3. The third-order valence-corrected chi connectivity index (χ3v) is 5.61. The molecule has 0 N–H and O–H groups in total. The van der Waals surface area contributed by atoms with Crippen LogP contribution >= 0.6 is 0 Å². The number of carbonyl (C=O) groups is 2. The molecule has 144 valence electrons. The van der Waals surface area contributed by atoms with E-state index in [1.165, 1.54) is 4.40 Å². The first-order valence-electron chi connectivity index (χ1n) is 9.23. The average molecular weight is 374 g/mol. The van der Waals surface area contributed by atoms with Crippen LogP contribution in [0.1, 0.15) is 28.9 Å². The van der Waals surface area contributed by atoms with Gasteiger partial charge in [0.25, 0.3) is 5.91 Å². The van der Waals surface area contributed by atoms with Gasteiger partial charge in [0.15, 0.2) is 5.69 Å². The zero-order chi connectivity index (χ0) is 19.1. The van der Waals surface area contributed by atoms with Crippen LogP contribution in [0.3, 0.4) is 0 Å². The van der Waals surface area contributed by atoms with Gasteiger partial charge in [0.1, 0.15) is 5.65 Å². The highest BCUT2D eigenvalue weighted by Crippen LogP contribution is 2.30. The molecule has 0 aromatic carbocycles. The standard InChI is InChI=1S/C19H23FN4O3/c1-12-4-3-7-24-16(20)15(21-17(12)24)19(26)22-10-13-5-6-14(11-22)23(18(13)25)8-9-27-2/h3-4,7,13-14H,5-6,8-11H2,1-2H3/t13-,14+/m0/s1.